The summed E-state index contributed by atoms with van der Waals surface area (Å²) in [6, 6.07) is 0. The Morgan fingerprint density at radius 2 is 1.28 bits per heavy atom. The minimum atomic E-state index is -0.214. The summed E-state index contributed by atoms with van der Waals surface area (Å²) in [5, 5.41) is 1.92. The molecule has 3 aliphatic heterocycles. The summed E-state index contributed by atoms with van der Waals surface area (Å²) in [6.07, 6.45) is 4.22. The molecule has 3 aliphatic rings. The Kier molecular flexibility index (Phi) is 17.5. The Bertz CT molecular complexity index is 742. The van der Waals surface area contributed by atoms with Gasteiger partial charge in [-0.1, -0.05) is 59.9 Å². The average molecular weight is 631 g/mol. The van der Waals surface area contributed by atoms with Crippen LogP contribution in [-0.2, 0) is 28.5 Å². The van der Waals surface area contributed by atoms with E-state index in [4.69, 9.17) is 23.7 Å². The lowest BCUT2D eigenvalue weighted by molar-refractivity contribution is -0.138. The summed E-state index contributed by atoms with van der Waals surface area (Å²) in [5.41, 5.74) is 0. The van der Waals surface area contributed by atoms with Crippen molar-refractivity contribution in [3.8, 4) is 0 Å². The van der Waals surface area contributed by atoms with Gasteiger partial charge in [-0.05, 0) is 24.0 Å². The van der Waals surface area contributed by atoms with Crippen molar-refractivity contribution < 1.29 is 28.5 Å². The molecule has 13 heteroatoms. The van der Waals surface area contributed by atoms with Gasteiger partial charge < -0.3 is 23.7 Å². The topological polar surface area (TPSA) is 63.2 Å². The lowest BCUT2D eigenvalue weighted by atomic mass is 10.2. The van der Waals surface area contributed by atoms with Crippen molar-refractivity contribution in [3.63, 3.8) is 0 Å². The summed E-state index contributed by atoms with van der Waals surface area (Å²) in [4.78, 5) is 13.2. The molecular weight excluding hydrogens is 597 g/mol. The highest BCUT2D eigenvalue weighted by Gasteiger charge is 2.29. The molecule has 0 saturated heterocycles. The fraction of sp³-hybridized carbons (Fsp3) is 0.696. The van der Waals surface area contributed by atoms with Gasteiger partial charge in [0.25, 0.3) is 0 Å². The Morgan fingerprint density at radius 3 is 1.86 bits per heavy atom. The largest absolute Gasteiger partial charge is 0.462 e. The molecule has 0 bridgehead atoms. The number of esters is 1. The molecule has 0 aromatic rings. The number of rotatable bonds is 7. The molecule has 0 radical (unpaired) electrons. The van der Waals surface area contributed by atoms with Gasteiger partial charge in [-0.3, -0.25) is 0 Å². The molecule has 0 amide bonds. The van der Waals surface area contributed by atoms with Gasteiger partial charge in [0.2, 0.25) is 0 Å². The van der Waals surface area contributed by atoms with Gasteiger partial charge in [0.1, 0.15) is 4.91 Å². The standard InChI is InChI=1S/C23H34O6S7/c24-19(29-5-3-1-2-4-14-30)18-17-33-22(34-18)23-35-20-21(36-23)32-16-13-28-11-9-26-7-6-25-8-10-27-12-15-31-20/h17,30H,1-16H2. The van der Waals surface area contributed by atoms with E-state index in [0.717, 1.165) is 47.2 Å². The molecule has 0 N–H and O–H groups in total. The first kappa shape index (κ1) is 31.5. The second kappa shape index (κ2) is 19.9. The van der Waals surface area contributed by atoms with Crippen molar-refractivity contribution in [1.82, 2.24) is 0 Å². The van der Waals surface area contributed by atoms with Crippen LogP contribution in [0.5, 0.6) is 0 Å². The normalized spacial score (nSPS) is 21.6. The molecule has 0 spiro atoms. The number of thioether (sulfide) groups is 6. The van der Waals surface area contributed by atoms with Gasteiger partial charge in [-0.15, -0.1) is 23.5 Å². The van der Waals surface area contributed by atoms with E-state index in [2.05, 4.69) is 12.6 Å². The Labute approximate surface area is 245 Å². The Balaban J connectivity index is 1.47. The Morgan fingerprint density at radius 1 is 0.722 bits per heavy atom. The van der Waals surface area contributed by atoms with Crippen molar-refractivity contribution in [3.05, 3.63) is 27.3 Å². The van der Waals surface area contributed by atoms with Crippen LogP contribution in [0.2, 0.25) is 0 Å². The monoisotopic (exact) mass is 630 g/mol. The number of hydrogen-bond donors (Lipinski definition) is 1. The van der Waals surface area contributed by atoms with Gasteiger partial charge in [-0.25, -0.2) is 4.79 Å². The molecule has 0 aliphatic carbocycles. The van der Waals surface area contributed by atoms with E-state index in [-0.39, 0.29) is 5.97 Å². The number of carbonyl (C=O) groups excluding carboxylic acids is 1. The van der Waals surface area contributed by atoms with Crippen LogP contribution in [0.15, 0.2) is 27.3 Å². The van der Waals surface area contributed by atoms with Crippen LogP contribution in [0.1, 0.15) is 25.7 Å². The molecule has 204 valence electrons. The maximum Gasteiger partial charge on any atom is 0.345 e. The predicted octanol–water partition coefficient (Wildman–Crippen LogP) is 6.62. The molecule has 0 aromatic carbocycles. The first-order valence-electron chi connectivity index (χ1n) is 12.0. The predicted molar refractivity (Wildman–Crippen MR) is 164 cm³/mol. The second-order valence-corrected chi connectivity index (χ2v) is 15.1. The first-order chi connectivity index (χ1) is 17.8. The third kappa shape index (κ3) is 12.4. The fourth-order valence-electron chi connectivity index (χ4n) is 2.92. The highest BCUT2D eigenvalue weighted by Crippen LogP contribution is 2.62. The molecule has 0 aromatic heterocycles. The number of unbranched alkanes of at least 4 members (excludes halogenated alkanes) is 3. The lowest BCUT2D eigenvalue weighted by Crippen LogP contribution is -2.13. The molecule has 3 heterocycles. The SMILES string of the molecule is O=C(OCCCCCCS)C1=CSC(=C2SC3=C(SCCOCCOCCOCCOCCS3)S2)S1. The summed E-state index contributed by atoms with van der Waals surface area (Å²) in [7, 11) is 0. The zero-order chi connectivity index (χ0) is 25.3. The van der Waals surface area contributed by atoms with Crippen LogP contribution in [0.25, 0.3) is 0 Å². The summed E-state index contributed by atoms with van der Waals surface area (Å²) < 4.78 is 32.9. The van der Waals surface area contributed by atoms with Gasteiger partial charge in [0.05, 0.1) is 76.4 Å². The van der Waals surface area contributed by atoms with Gasteiger partial charge in [-0.2, -0.15) is 12.6 Å². The minimum absolute atomic E-state index is 0.214. The van der Waals surface area contributed by atoms with E-state index in [9.17, 15) is 4.79 Å². The highest BCUT2D eigenvalue weighted by atomic mass is 32.3. The van der Waals surface area contributed by atoms with Crippen LogP contribution in [-0.4, -0.2) is 82.7 Å². The third-order valence-electron chi connectivity index (χ3n) is 4.70. The number of hydrogen-bond acceptors (Lipinski definition) is 13. The summed E-state index contributed by atoms with van der Waals surface area (Å²) >= 11 is 14.6. The second-order valence-electron chi connectivity index (χ2n) is 7.48. The number of carbonyl (C=O) groups is 1. The molecular formula is C23H34O6S7. The van der Waals surface area contributed by atoms with Crippen molar-refractivity contribution in [1.29, 1.82) is 0 Å². The van der Waals surface area contributed by atoms with E-state index in [1.165, 1.54) is 24.5 Å². The van der Waals surface area contributed by atoms with Crippen molar-refractivity contribution in [2.45, 2.75) is 25.7 Å². The quantitative estimate of drug-likeness (QED) is 0.187. The minimum Gasteiger partial charge on any atom is -0.462 e. The number of thiol groups is 1. The van der Waals surface area contributed by atoms with E-state index in [1.807, 2.05) is 28.9 Å². The molecule has 6 nitrogen and oxygen atoms in total. The molecule has 0 unspecified atom stereocenters. The van der Waals surface area contributed by atoms with E-state index >= 15 is 0 Å². The van der Waals surface area contributed by atoms with Crippen molar-refractivity contribution >= 4 is 89.2 Å². The zero-order valence-corrected chi connectivity index (χ0v) is 26.0. The van der Waals surface area contributed by atoms with Crippen LogP contribution in [0.4, 0.5) is 0 Å². The molecule has 36 heavy (non-hydrogen) atoms. The molecule has 0 saturated carbocycles. The highest BCUT2D eigenvalue weighted by molar-refractivity contribution is 8.42. The molecule has 0 atom stereocenters. The van der Waals surface area contributed by atoms with Gasteiger partial charge in [0, 0.05) is 11.5 Å². The van der Waals surface area contributed by atoms with Crippen LogP contribution in [0, 0.1) is 0 Å². The Hall–Kier alpha value is 0.980. The van der Waals surface area contributed by atoms with E-state index in [1.54, 1.807) is 35.3 Å². The van der Waals surface area contributed by atoms with Crippen molar-refractivity contribution in [2.24, 2.45) is 0 Å². The van der Waals surface area contributed by atoms with Crippen LogP contribution < -0.4 is 0 Å². The van der Waals surface area contributed by atoms with E-state index < -0.39 is 0 Å². The average Bonchev–Trinajstić information content (AvgIpc) is 3.53. The zero-order valence-electron chi connectivity index (χ0n) is 20.2. The fourth-order valence-corrected chi connectivity index (χ4v) is 11.3. The summed E-state index contributed by atoms with van der Waals surface area (Å²) in [6.45, 7) is 5.35. The van der Waals surface area contributed by atoms with Gasteiger partial charge >= 0.3 is 5.97 Å². The maximum absolute atomic E-state index is 12.5. The third-order valence-corrected chi connectivity index (χ3v) is 13.3. The smallest absolute Gasteiger partial charge is 0.345 e. The first-order valence-corrected chi connectivity index (χ1v) is 17.9. The van der Waals surface area contributed by atoms with E-state index in [0.29, 0.717) is 64.4 Å². The van der Waals surface area contributed by atoms with Crippen LogP contribution >= 0.6 is 83.2 Å². The maximum atomic E-state index is 12.5. The lowest BCUT2D eigenvalue weighted by Gasteiger charge is -2.09. The van der Waals surface area contributed by atoms with Crippen LogP contribution in [0.3, 0.4) is 0 Å². The number of ether oxygens (including phenoxy) is 5. The summed E-state index contributed by atoms with van der Waals surface area (Å²) in [5.74, 6) is 2.47. The molecule has 3 rings (SSSR count). The van der Waals surface area contributed by atoms with Crippen molar-refractivity contribution in [2.75, 3.05) is 76.7 Å². The molecule has 0 fully saturated rings. The van der Waals surface area contributed by atoms with Gasteiger partial charge in [0.15, 0.2) is 0 Å².